The van der Waals surface area contributed by atoms with Crippen molar-refractivity contribution < 1.29 is 14.7 Å². The number of rotatable bonds is 3. The van der Waals surface area contributed by atoms with Crippen LogP contribution in [0.5, 0.6) is 0 Å². The lowest BCUT2D eigenvalue weighted by molar-refractivity contribution is -0.147. The van der Waals surface area contributed by atoms with E-state index in [1.165, 1.54) is 0 Å². The third kappa shape index (κ3) is 2.92. The lowest BCUT2D eigenvalue weighted by Crippen LogP contribution is -2.35. The quantitative estimate of drug-likeness (QED) is 0.890. The summed E-state index contributed by atoms with van der Waals surface area (Å²) in [6.45, 7) is 4.39. The smallest absolute Gasteiger partial charge is 0.311 e. The number of carbonyl (C=O) groups excluding carboxylic acids is 1. The third-order valence-corrected chi connectivity index (χ3v) is 3.67. The first-order chi connectivity index (χ1) is 8.90. The van der Waals surface area contributed by atoms with Crippen LogP contribution in [0.3, 0.4) is 0 Å². The van der Waals surface area contributed by atoms with Gasteiger partial charge in [0.15, 0.2) is 0 Å². The molecule has 0 saturated carbocycles. The predicted octanol–water partition coefficient (Wildman–Crippen LogP) is 1.26. The van der Waals surface area contributed by atoms with Crippen LogP contribution >= 0.6 is 0 Å². The molecule has 1 aliphatic heterocycles. The highest BCUT2D eigenvalue weighted by atomic mass is 16.4. The molecule has 0 radical (unpaired) electrons. The minimum Gasteiger partial charge on any atom is -0.481 e. The number of carbonyl (C=O) groups is 2. The van der Waals surface area contributed by atoms with Crippen LogP contribution < -0.4 is 0 Å². The van der Waals surface area contributed by atoms with Crippen LogP contribution in [0.25, 0.3) is 0 Å². The molecule has 19 heavy (non-hydrogen) atoms. The number of carboxylic acids is 1. The molecular formula is C14H18N2O3. The maximum atomic E-state index is 12.1. The summed E-state index contributed by atoms with van der Waals surface area (Å²) < 4.78 is 0. The van der Waals surface area contributed by atoms with E-state index in [4.69, 9.17) is 5.11 Å². The molecule has 102 valence electrons. The molecule has 2 heterocycles. The van der Waals surface area contributed by atoms with Crippen molar-refractivity contribution >= 4 is 11.9 Å². The number of hydrogen-bond acceptors (Lipinski definition) is 3. The standard InChI is InChI=1S/C14H18N2O3/c1-10-3-4-11(8-15-10)7-12(17)16-6-5-14(2,9-16)13(18)19/h3-4,8H,5-7,9H2,1-2H3,(H,18,19). The maximum Gasteiger partial charge on any atom is 0.311 e. The first kappa shape index (κ1) is 13.5. The normalized spacial score (nSPS) is 22.5. The Morgan fingerprint density at radius 3 is 2.74 bits per heavy atom. The summed E-state index contributed by atoms with van der Waals surface area (Å²) in [6, 6.07) is 3.75. The Hall–Kier alpha value is -1.91. The van der Waals surface area contributed by atoms with Gasteiger partial charge in [0.1, 0.15) is 0 Å². The van der Waals surface area contributed by atoms with Crippen molar-refractivity contribution in [2.24, 2.45) is 5.41 Å². The fourth-order valence-corrected chi connectivity index (χ4v) is 2.24. The number of likely N-dealkylation sites (tertiary alicyclic amines) is 1. The van der Waals surface area contributed by atoms with Crippen LogP contribution in [0.1, 0.15) is 24.6 Å². The Kier molecular flexibility index (Phi) is 3.55. The Bertz CT molecular complexity index is 498. The molecular weight excluding hydrogens is 244 g/mol. The van der Waals surface area contributed by atoms with Crippen molar-refractivity contribution in [3.05, 3.63) is 29.6 Å². The Morgan fingerprint density at radius 2 is 2.21 bits per heavy atom. The SMILES string of the molecule is Cc1ccc(CC(=O)N2CCC(C)(C(=O)O)C2)cn1. The van der Waals surface area contributed by atoms with Gasteiger partial charge >= 0.3 is 5.97 Å². The summed E-state index contributed by atoms with van der Waals surface area (Å²) in [4.78, 5) is 29.0. The van der Waals surface area contributed by atoms with Crippen LogP contribution in [-0.2, 0) is 16.0 Å². The minimum atomic E-state index is -0.834. The van der Waals surface area contributed by atoms with E-state index < -0.39 is 11.4 Å². The monoisotopic (exact) mass is 262 g/mol. The second-order valence-corrected chi connectivity index (χ2v) is 5.42. The van der Waals surface area contributed by atoms with Crippen LogP contribution in [0.2, 0.25) is 0 Å². The van der Waals surface area contributed by atoms with Gasteiger partial charge in [-0.2, -0.15) is 0 Å². The zero-order valence-electron chi connectivity index (χ0n) is 11.2. The molecule has 0 aliphatic carbocycles. The number of aromatic nitrogens is 1. The maximum absolute atomic E-state index is 12.1. The molecule has 1 fully saturated rings. The fourth-order valence-electron chi connectivity index (χ4n) is 2.24. The van der Waals surface area contributed by atoms with Gasteiger partial charge in [0.2, 0.25) is 5.91 Å². The van der Waals surface area contributed by atoms with E-state index in [1.807, 2.05) is 19.1 Å². The van der Waals surface area contributed by atoms with Crippen LogP contribution in [0.4, 0.5) is 0 Å². The van der Waals surface area contributed by atoms with Gasteiger partial charge in [0.05, 0.1) is 11.8 Å². The number of carboxylic acid groups (broad SMARTS) is 1. The highest BCUT2D eigenvalue weighted by Crippen LogP contribution is 2.30. The average Bonchev–Trinajstić information content (AvgIpc) is 2.76. The van der Waals surface area contributed by atoms with Crippen LogP contribution in [-0.4, -0.2) is 40.0 Å². The van der Waals surface area contributed by atoms with Gasteiger partial charge in [-0.05, 0) is 31.9 Å². The highest BCUT2D eigenvalue weighted by molar-refractivity contribution is 5.81. The Labute approximate surface area is 112 Å². The summed E-state index contributed by atoms with van der Waals surface area (Å²) in [5.74, 6) is -0.865. The molecule has 1 unspecified atom stereocenters. The highest BCUT2D eigenvalue weighted by Gasteiger charge is 2.41. The summed E-state index contributed by atoms with van der Waals surface area (Å²) in [5.41, 5.74) is 0.969. The number of aliphatic carboxylic acids is 1. The lowest BCUT2D eigenvalue weighted by atomic mass is 9.90. The molecule has 2 rings (SSSR count). The van der Waals surface area contributed by atoms with Crippen LogP contribution in [0, 0.1) is 12.3 Å². The molecule has 1 atom stereocenters. The first-order valence-electron chi connectivity index (χ1n) is 6.33. The van der Waals surface area contributed by atoms with Crippen molar-refractivity contribution in [1.82, 2.24) is 9.88 Å². The van der Waals surface area contributed by atoms with Gasteiger partial charge in [-0.25, -0.2) is 0 Å². The number of aryl methyl sites for hydroxylation is 1. The molecule has 1 aromatic heterocycles. The van der Waals surface area contributed by atoms with E-state index >= 15 is 0 Å². The third-order valence-electron chi connectivity index (χ3n) is 3.67. The van der Waals surface area contributed by atoms with E-state index in [1.54, 1.807) is 18.0 Å². The second kappa shape index (κ2) is 4.99. The van der Waals surface area contributed by atoms with Gasteiger partial charge in [0.25, 0.3) is 0 Å². The van der Waals surface area contributed by atoms with E-state index in [9.17, 15) is 9.59 Å². The Morgan fingerprint density at radius 1 is 1.47 bits per heavy atom. The topological polar surface area (TPSA) is 70.5 Å². The predicted molar refractivity (Wildman–Crippen MR) is 69.6 cm³/mol. The zero-order valence-corrected chi connectivity index (χ0v) is 11.2. The molecule has 0 bridgehead atoms. The summed E-state index contributed by atoms with van der Waals surface area (Å²) in [7, 11) is 0. The number of nitrogens with zero attached hydrogens (tertiary/aromatic N) is 2. The van der Waals surface area contributed by atoms with Crippen LogP contribution in [0.15, 0.2) is 18.3 Å². The van der Waals surface area contributed by atoms with E-state index in [-0.39, 0.29) is 12.3 Å². The van der Waals surface area contributed by atoms with E-state index in [2.05, 4.69) is 4.98 Å². The van der Waals surface area contributed by atoms with Crippen molar-refractivity contribution in [3.63, 3.8) is 0 Å². The Balaban J connectivity index is 1.98. The number of hydrogen-bond donors (Lipinski definition) is 1. The molecule has 5 nitrogen and oxygen atoms in total. The van der Waals surface area contributed by atoms with Gasteiger partial charge in [0, 0.05) is 25.0 Å². The van der Waals surface area contributed by atoms with Crippen molar-refractivity contribution in [2.45, 2.75) is 26.7 Å². The summed E-state index contributed by atoms with van der Waals surface area (Å²) in [5, 5.41) is 9.14. The number of amides is 1. The van der Waals surface area contributed by atoms with Gasteiger partial charge in [-0.15, -0.1) is 0 Å². The fraction of sp³-hybridized carbons (Fsp3) is 0.500. The summed E-state index contributed by atoms with van der Waals surface area (Å²) >= 11 is 0. The molecule has 0 aromatic carbocycles. The van der Waals surface area contributed by atoms with Gasteiger partial charge in [-0.1, -0.05) is 6.07 Å². The van der Waals surface area contributed by atoms with E-state index in [0.29, 0.717) is 19.5 Å². The molecule has 1 aromatic rings. The van der Waals surface area contributed by atoms with Gasteiger partial charge < -0.3 is 10.0 Å². The first-order valence-corrected chi connectivity index (χ1v) is 6.33. The molecule has 0 spiro atoms. The van der Waals surface area contributed by atoms with Gasteiger partial charge in [-0.3, -0.25) is 14.6 Å². The minimum absolute atomic E-state index is 0.0318. The molecule has 5 heteroatoms. The zero-order chi connectivity index (χ0) is 14.0. The molecule has 1 amide bonds. The van der Waals surface area contributed by atoms with Crippen molar-refractivity contribution in [1.29, 1.82) is 0 Å². The van der Waals surface area contributed by atoms with E-state index in [0.717, 1.165) is 11.3 Å². The average molecular weight is 262 g/mol. The lowest BCUT2D eigenvalue weighted by Gasteiger charge is -2.20. The molecule has 1 aliphatic rings. The molecule has 1 N–H and O–H groups in total. The molecule has 1 saturated heterocycles. The largest absolute Gasteiger partial charge is 0.481 e. The van der Waals surface area contributed by atoms with Crippen molar-refractivity contribution in [2.75, 3.05) is 13.1 Å². The number of pyridine rings is 1. The second-order valence-electron chi connectivity index (χ2n) is 5.42. The summed E-state index contributed by atoms with van der Waals surface area (Å²) in [6.07, 6.45) is 2.49. The van der Waals surface area contributed by atoms with Crippen molar-refractivity contribution in [3.8, 4) is 0 Å².